The van der Waals surface area contributed by atoms with Crippen LogP contribution in [-0.4, -0.2) is 48.3 Å². The Labute approximate surface area is 116 Å². The van der Waals surface area contributed by atoms with Crippen LogP contribution in [0.15, 0.2) is 18.2 Å². The van der Waals surface area contributed by atoms with Crippen molar-refractivity contribution in [1.82, 2.24) is 4.90 Å². The van der Waals surface area contributed by atoms with Crippen LogP contribution in [-0.2, 0) is 11.3 Å². The first kappa shape index (κ1) is 15.8. The van der Waals surface area contributed by atoms with Gasteiger partial charge < -0.3 is 9.84 Å². The summed E-state index contributed by atoms with van der Waals surface area (Å²) in [5, 5.41) is 20.4. The second-order valence-corrected chi connectivity index (χ2v) is 4.39. The minimum atomic E-state index is -0.450. The Morgan fingerprint density at radius 2 is 2.21 bits per heavy atom. The Hall–Kier alpha value is -1.21. The van der Waals surface area contributed by atoms with E-state index in [0.29, 0.717) is 36.8 Å². The summed E-state index contributed by atoms with van der Waals surface area (Å²) < 4.78 is 4.97. The van der Waals surface area contributed by atoms with Gasteiger partial charge in [0, 0.05) is 32.8 Å². The molecule has 0 atom stereocenters. The van der Waals surface area contributed by atoms with Crippen molar-refractivity contribution in [3.63, 3.8) is 0 Å². The lowest BCUT2D eigenvalue weighted by molar-refractivity contribution is -0.385. The van der Waals surface area contributed by atoms with Crippen LogP contribution in [0.3, 0.4) is 0 Å². The summed E-state index contributed by atoms with van der Waals surface area (Å²) in [6.45, 7) is 1.74. The molecule has 0 aromatic heterocycles. The number of aliphatic hydroxyl groups excluding tert-OH is 1. The lowest BCUT2D eigenvalue weighted by Crippen LogP contribution is -2.30. The van der Waals surface area contributed by atoms with E-state index in [1.54, 1.807) is 19.2 Å². The van der Waals surface area contributed by atoms with Gasteiger partial charge in [-0.05, 0) is 6.07 Å². The molecular weight excluding hydrogens is 272 g/mol. The van der Waals surface area contributed by atoms with Crippen molar-refractivity contribution in [2.45, 2.75) is 6.54 Å². The molecule has 1 rings (SSSR count). The first-order valence-corrected chi connectivity index (χ1v) is 6.22. The number of rotatable bonds is 8. The zero-order chi connectivity index (χ0) is 14.3. The van der Waals surface area contributed by atoms with Crippen molar-refractivity contribution in [1.29, 1.82) is 0 Å². The molecule has 0 heterocycles. The molecule has 1 aromatic carbocycles. The SMILES string of the molecule is COCCN(CCO)Cc1c(Cl)cccc1[N+](=O)[O-]. The standard InChI is InChI=1S/C12H17ClN2O4/c1-19-8-6-14(5-7-16)9-10-11(13)3-2-4-12(10)15(17)18/h2-4,16H,5-9H2,1H3. The van der Waals surface area contributed by atoms with Crippen LogP contribution in [0.2, 0.25) is 5.02 Å². The van der Waals surface area contributed by atoms with Gasteiger partial charge in [-0.25, -0.2) is 0 Å². The molecule has 0 unspecified atom stereocenters. The van der Waals surface area contributed by atoms with Crippen LogP contribution in [0.5, 0.6) is 0 Å². The van der Waals surface area contributed by atoms with E-state index in [2.05, 4.69) is 0 Å². The molecule has 1 aromatic rings. The lowest BCUT2D eigenvalue weighted by Gasteiger charge is -2.21. The van der Waals surface area contributed by atoms with Crippen LogP contribution in [0.4, 0.5) is 5.69 Å². The van der Waals surface area contributed by atoms with Crippen LogP contribution >= 0.6 is 11.6 Å². The van der Waals surface area contributed by atoms with E-state index in [4.69, 9.17) is 21.4 Å². The first-order chi connectivity index (χ1) is 9.10. The monoisotopic (exact) mass is 288 g/mol. The third-order valence-corrected chi connectivity index (χ3v) is 3.05. The van der Waals surface area contributed by atoms with Crippen molar-refractivity contribution >= 4 is 17.3 Å². The minimum absolute atomic E-state index is 0.00661. The number of aliphatic hydroxyl groups is 1. The largest absolute Gasteiger partial charge is 0.395 e. The Bertz CT molecular complexity index is 428. The lowest BCUT2D eigenvalue weighted by atomic mass is 10.1. The Balaban J connectivity index is 2.91. The molecule has 7 heteroatoms. The molecule has 1 N–H and O–H groups in total. The summed E-state index contributed by atoms with van der Waals surface area (Å²) in [6, 6.07) is 4.60. The Kier molecular flexibility index (Phi) is 6.72. The molecule has 0 spiro atoms. The van der Waals surface area contributed by atoms with Crippen molar-refractivity contribution in [2.75, 3.05) is 33.4 Å². The Morgan fingerprint density at radius 3 is 2.79 bits per heavy atom. The number of methoxy groups -OCH3 is 1. The van der Waals surface area contributed by atoms with Crippen molar-refractivity contribution in [3.05, 3.63) is 38.9 Å². The fourth-order valence-electron chi connectivity index (χ4n) is 1.73. The molecular formula is C12H17ClN2O4. The normalized spacial score (nSPS) is 10.9. The van der Waals surface area contributed by atoms with E-state index in [-0.39, 0.29) is 12.3 Å². The number of nitro benzene ring substituents is 1. The topological polar surface area (TPSA) is 75.8 Å². The predicted molar refractivity (Wildman–Crippen MR) is 72.3 cm³/mol. The van der Waals surface area contributed by atoms with Gasteiger partial charge in [-0.3, -0.25) is 15.0 Å². The number of benzene rings is 1. The van der Waals surface area contributed by atoms with Gasteiger partial charge in [0.1, 0.15) is 0 Å². The number of halogens is 1. The molecule has 0 bridgehead atoms. The molecule has 106 valence electrons. The summed E-state index contributed by atoms with van der Waals surface area (Å²) in [6.07, 6.45) is 0. The molecule has 0 radical (unpaired) electrons. The van der Waals surface area contributed by atoms with Crippen LogP contribution in [0.25, 0.3) is 0 Å². The minimum Gasteiger partial charge on any atom is -0.395 e. The highest BCUT2D eigenvalue weighted by molar-refractivity contribution is 6.31. The molecule has 6 nitrogen and oxygen atoms in total. The van der Waals surface area contributed by atoms with Gasteiger partial charge in [0.2, 0.25) is 0 Å². The number of nitro groups is 1. The highest BCUT2D eigenvalue weighted by Gasteiger charge is 2.19. The van der Waals surface area contributed by atoms with Gasteiger partial charge in [0.25, 0.3) is 5.69 Å². The molecule has 0 saturated heterocycles. The second kappa shape index (κ2) is 8.06. The summed E-state index contributed by atoms with van der Waals surface area (Å²) in [7, 11) is 1.58. The maximum Gasteiger partial charge on any atom is 0.275 e. The van der Waals surface area contributed by atoms with Crippen molar-refractivity contribution in [2.24, 2.45) is 0 Å². The highest BCUT2D eigenvalue weighted by atomic mass is 35.5. The summed E-state index contributed by atoms with van der Waals surface area (Å²) in [5.74, 6) is 0. The van der Waals surface area contributed by atoms with Crippen LogP contribution in [0, 0.1) is 10.1 Å². The molecule has 0 saturated carbocycles. The number of hydrogen-bond donors (Lipinski definition) is 1. The summed E-state index contributed by atoms with van der Waals surface area (Å²) in [5.41, 5.74) is 0.451. The number of nitrogens with zero attached hydrogens (tertiary/aromatic N) is 2. The third-order valence-electron chi connectivity index (χ3n) is 2.70. The molecule has 0 aliphatic rings. The van der Waals surface area contributed by atoms with Crippen LogP contribution < -0.4 is 0 Å². The summed E-state index contributed by atoms with van der Waals surface area (Å²) >= 11 is 6.03. The predicted octanol–water partition coefficient (Wildman–Crippen LogP) is 1.69. The summed E-state index contributed by atoms with van der Waals surface area (Å²) in [4.78, 5) is 12.4. The smallest absolute Gasteiger partial charge is 0.275 e. The van der Waals surface area contributed by atoms with Gasteiger partial charge in [0.15, 0.2) is 0 Å². The highest BCUT2D eigenvalue weighted by Crippen LogP contribution is 2.27. The van der Waals surface area contributed by atoms with Gasteiger partial charge >= 0.3 is 0 Å². The van der Waals surface area contributed by atoms with Gasteiger partial charge in [0.05, 0.1) is 28.7 Å². The molecule has 0 aliphatic carbocycles. The van der Waals surface area contributed by atoms with E-state index in [1.807, 2.05) is 4.90 Å². The zero-order valence-electron chi connectivity index (χ0n) is 10.7. The fourth-order valence-corrected chi connectivity index (χ4v) is 1.96. The molecule has 19 heavy (non-hydrogen) atoms. The van der Waals surface area contributed by atoms with Crippen LogP contribution in [0.1, 0.15) is 5.56 Å². The van der Waals surface area contributed by atoms with Gasteiger partial charge in [-0.1, -0.05) is 17.7 Å². The first-order valence-electron chi connectivity index (χ1n) is 5.84. The average molecular weight is 289 g/mol. The zero-order valence-corrected chi connectivity index (χ0v) is 11.5. The molecule has 0 amide bonds. The average Bonchev–Trinajstić information content (AvgIpc) is 2.38. The maximum atomic E-state index is 11.0. The fraction of sp³-hybridized carbons (Fsp3) is 0.500. The Morgan fingerprint density at radius 1 is 1.47 bits per heavy atom. The maximum absolute atomic E-state index is 11.0. The van der Waals surface area contributed by atoms with E-state index in [0.717, 1.165) is 0 Å². The van der Waals surface area contributed by atoms with Crippen molar-refractivity contribution < 1.29 is 14.8 Å². The van der Waals surface area contributed by atoms with E-state index < -0.39 is 4.92 Å². The molecule has 0 aliphatic heterocycles. The number of ether oxygens (including phenoxy) is 1. The quantitative estimate of drug-likeness (QED) is 0.582. The van der Waals surface area contributed by atoms with E-state index in [9.17, 15) is 10.1 Å². The van der Waals surface area contributed by atoms with Crippen molar-refractivity contribution in [3.8, 4) is 0 Å². The third kappa shape index (κ3) is 4.76. The van der Waals surface area contributed by atoms with Gasteiger partial charge in [-0.15, -0.1) is 0 Å². The van der Waals surface area contributed by atoms with E-state index in [1.165, 1.54) is 6.07 Å². The second-order valence-electron chi connectivity index (χ2n) is 3.99. The molecule has 0 fully saturated rings. The number of hydrogen-bond acceptors (Lipinski definition) is 5. The van der Waals surface area contributed by atoms with E-state index >= 15 is 0 Å². The van der Waals surface area contributed by atoms with Gasteiger partial charge in [-0.2, -0.15) is 0 Å².